The van der Waals surface area contributed by atoms with Crippen LogP contribution in [0.25, 0.3) is 0 Å². The van der Waals surface area contributed by atoms with Gasteiger partial charge in [-0.05, 0) is 17.5 Å². The second kappa shape index (κ2) is 6.82. The van der Waals surface area contributed by atoms with Gasteiger partial charge in [0.15, 0.2) is 5.75 Å². The predicted octanol–water partition coefficient (Wildman–Crippen LogP) is 3.75. The van der Waals surface area contributed by atoms with Crippen LogP contribution in [0.4, 0.5) is 5.69 Å². The van der Waals surface area contributed by atoms with E-state index in [2.05, 4.69) is 0 Å². The molecule has 0 saturated carbocycles. The van der Waals surface area contributed by atoms with Crippen molar-refractivity contribution in [1.29, 1.82) is 0 Å². The van der Waals surface area contributed by atoms with Gasteiger partial charge in [-0.3, -0.25) is 10.1 Å². The van der Waals surface area contributed by atoms with Crippen molar-refractivity contribution < 1.29 is 9.66 Å². The van der Waals surface area contributed by atoms with Crippen molar-refractivity contribution in [3.63, 3.8) is 0 Å². The summed E-state index contributed by atoms with van der Waals surface area (Å²) < 4.78 is 4.96. The summed E-state index contributed by atoms with van der Waals surface area (Å²) in [5, 5.41) is 10.6. The monoisotopic (exact) mass is 225 g/mol. The summed E-state index contributed by atoms with van der Waals surface area (Å²) >= 11 is 0. The Labute approximate surface area is 96.4 Å². The predicted molar refractivity (Wildman–Crippen MR) is 65.1 cm³/mol. The number of nitro benzene ring substituents is 1. The first-order chi connectivity index (χ1) is 7.56. The van der Waals surface area contributed by atoms with Gasteiger partial charge in [-0.2, -0.15) is 0 Å². The molecule has 0 radical (unpaired) electrons. The molecule has 0 atom stereocenters. The zero-order chi connectivity index (χ0) is 12.7. The number of nitro groups is 1. The van der Waals surface area contributed by atoms with E-state index in [4.69, 9.17) is 4.74 Å². The molecule has 0 aliphatic rings. The first-order valence-electron chi connectivity index (χ1n) is 5.38. The van der Waals surface area contributed by atoms with Crippen LogP contribution in [0.3, 0.4) is 0 Å². The van der Waals surface area contributed by atoms with Gasteiger partial charge in [-0.15, -0.1) is 0 Å². The number of hydrogen-bond acceptors (Lipinski definition) is 3. The lowest BCUT2D eigenvalue weighted by molar-refractivity contribution is -0.385. The molecule has 0 amide bonds. The molecule has 0 aliphatic heterocycles. The van der Waals surface area contributed by atoms with Crippen molar-refractivity contribution in [2.24, 2.45) is 0 Å². The molecule has 1 aromatic carbocycles. The van der Waals surface area contributed by atoms with E-state index < -0.39 is 4.92 Å². The first kappa shape index (κ1) is 14.4. The minimum absolute atomic E-state index is 0.0110. The van der Waals surface area contributed by atoms with Crippen LogP contribution in [0.1, 0.15) is 39.2 Å². The Morgan fingerprint density at radius 1 is 1.31 bits per heavy atom. The highest BCUT2D eigenvalue weighted by atomic mass is 16.6. The highest BCUT2D eigenvalue weighted by Gasteiger charge is 2.15. The van der Waals surface area contributed by atoms with Crippen molar-refractivity contribution in [2.75, 3.05) is 7.11 Å². The van der Waals surface area contributed by atoms with E-state index in [1.807, 2.05) is 27.7 Å². The zero-order valence-corrected chi connectivity index (χ0v) is 10.5. The van der Waals surface area contributed by atoms with E-state index >= 15 is 0 Å². The highest BCUT2D eigenvalue weighted by molar-refractivity contribution is 5.48. The van der Waals surface area contributed by atoms with E-state index in [1.54, 1.807) is 12.1 Å². The number of methoxy groups -OCH3 is 1. The largest absolute Gasteiger partial charge is 0.490 e. The number of benzene rings is 1. The molecule has 4 heteroatoms. The first-order valence-corrected chi connectivity index (χ1v) is 5.38. The second-order valence-electron chi connectivity index (χ2n) is 3.34. The van der Waals surface area contributed by atoms with Gasteiger partial charge in [0.05, 0.1) is 12.0 Å². The van der Waals surface area contributed by atoms with Crippen LogP contribution >= 0.6 is 0 Å². The van der Waals surface area contributed by atoms with Gasteiger partial charge in [0.25, 0.3) is 0 Å². The minimum atomic E-state index is -0.442. The standard InChI is InChI=1S/C10H13NO3.C2H6/c1-7(2)8-4-5-9(11(12)13)10(6-8)14-3;1-2/h4-7H,1-3H3;1-2H3. The Hall–Kier alpha value is -1.58. The molecule has 0 aromatic heterocycles. The van der Waals surface area contributed by atoms with Crippen molar-refractivity contribution in [2.45, 2.75) is 33.6 Å². The third-order valence-corrected chi connectivity index (χ3v) is 2.07. The number of ether oxygens (including phenoxy) is 1. The minimum Gasteiger partial charge on any atom is -0.490 e. The number of hydrogen-bond donors (Lipinski definition) is 0. The van der Waals surface area contributed by atoms with Gasteiger partial charge in [0, 0.05) is 6.07 Å². The maximum Gasteiger partial charge on any atom is 0.310 e. The number of rotatable bonds is 3. The van der Waals surface area contributed by atoms with E-state index in [0.717, 1.165) is 5.56 Å². The lowest BCUT2D eigenvalue weighted by Crippen LogP contribution is -1.96. The summed E-state index contributed by atoms with van der Waals surface area (Å²) in [5.41, 5.74) is 1.05. The maximum absolute atomic E-state index is 10.6. The van der Waals surface area contributed by atoms with E-state index in [9.17, 15) is 10.1 Å². The third kappa shape index (κ3) is 3.53. The van der Waals surface area contributed by atoms with Gasteiger partial charge >= 0.3 is 5.69 Å². The van der Waals surface area contributed by atoms with E-state index in [-0.39, 0.29) is 5.69 Å². The molecule has 90 valence electrons. The van der Waals surface area contributed by atoms with Crippen LogP contribution in [0, 0.1) is 10.1 Å². The Balaban J connectivity index is 0.00000106. The molecule has 1 aromatic rings. The SMILES string of the molecule is CC.COc1cc(C(C)C)ccc1[N+](=O)[O-]. The normalized spacial score (nSPS) is 9.38. The average Bonchev–Trinajstić information content (AvgIpc) is 2.30. The smallest absolute Gasteiger partial charge is 0.310 e. The summed E-state index contributed by atoms with van der Waals surface area (Å²) in [6.07, 6.45) is 0. The summed E-state index contributed by atoms with van der Waals surface area (Å²) in [7, 11) is 1.44. The molecule has 0 heterocycles. The van der Waals surface area contributed by atoms with Crippen molar-refractivity contribution in [3.05, 3.63) is 33.9 Å². The third-order valence-electron chi connectivity index (χ3n) is 2.07. The molecular weight excluding hydrogens is 206 g/mol. The quantitative estimate of drug-likeness (QED) is 0.581. The average molecular weight is 225 g/mol. The van der Waals surface area contributed by atoms with Crippen molar-refractivity contribution >= 4 is 5.69 Å². The van der Waals surface area contributed by atoms with Crippen molar-refractivity contribution in [1.82, 2.24) is 0 Å². The van der Waals surface area contributed by atoms with Gasteiger partial charge < -0.3 is 4.74 Å². The van der Waals surface area contributed by atoms with Gasteiger partial charge in [-0.25, -0.2) is 0 Å². The van der Waals surface area contributed by atoms with Crippen LogP contribution in [0.2, 0.25) is 0 Å². The van der Waals surface area contributed by atoms with Crippen molar-refractivity contribution in [3.8, 4) is 5.75 Å². The Bertz CT molecular complexity index is 348. The number of nitrogens with zero attached hydrogens (tertiary/aromatic N) is 1. The molecule has 16 heavy (non-hydrogen) atoms. The summed E-state index contributed by atoms with van der Waals surface area (Å²) in [6, 6.07) is 4.95. The Morgan fingerprint density at radius 3 is 2.25 bits per heavy atom. The van der Waals surface area contributed by atoms with E-state index in [0.29, 0.717) is 11.7 Å². The Kier molecular flexibility index (Phi) is 6.15. The van der Waals surface area contributed by atoms with Gasteiger partial charge in [-0.1, -0.05) is 33.8 Å². The van der Waals surface area contributed by atoms with E-state index in [1.165, 1.54) is 13.2 Å². The van der Waals surface area contributed by atoms with Gasteiger partial charge in [0.1, 0.15) is 0 Å². The molecule has 1 rings (SSSR count). The fourth-order valence-electron chi connectivity index (χ4n) is 1.20. The lowest BCUT2D eigenvalue weighted by Gasteiger charge is -2.07. The summed E-state index contributed by atoms with van der Waals surface area (Å²) in [6.45, 7) is 8.06. The lowest BCUT2D eigenvalue weighted by atomic mass is 10.0. The Morgan fingerprint density at radius 2 is 1.88 bits per heavy atom. The molecule has 0 bridgehead atoms. The fraction of sp³-hybridized carbons (Fsp3) is 0.500. The van der Waals surface area contributed by atoms with Crippen LogP contribution in [0.15, 0.2) is 18.2 Å². The second-order valence-corrected chi connectivity index (χ2v) is 3.34. The molecule has 4 nitrogen and oxygen atoms in total. The van der Waals surface area contributed by atoms with Crippen LogP contribution < -0.4 is 4.74 Å². The fourth-order valence-corrected chi connectivity index (χ4v) is 1.20. The molecular formula is C12H19NO3. The van der Waals surface area contributed by atoms with Crippen LogP contribution in [-0.2, 0) is 0 Å². The molecule has 0 spiro atoms. The molecule has 0 aliphatic carbocycles. The van der Waals surface area contributed by atoms with Gasteiger partial charge in [0.2, 0.25) is 0 Å². The van der Waals surface area contributed by atoms with Crippen LogP contribution in [0.5, 0.6) is 5.75 Å². The highest BCUT2D eigenvalue weighted by Crippen LogP contribution is 2.30. The topological polar surface area (TPSA) is 52.4 Å². The molecule has 0 saturated heterocycles. The summed E-state index contributed by atoms with van der Waals surface area (Å²) in [5.74, 6) is 0.658. The zero-order valence-electron chi connectivity index (χ0n) is 10.5. The maximum atomic E-state index is 10.6. The summed E-state index contributed by atoms with van der Waals surface area (Å²) in [4.78, 5) is 10.1. The molecule has 0 unspecified atom stereocenters. The van der Waals surface area contributed by atoms with Crippen LogP contribution in [-0.4, -0.2) is 12.0 Å². The molecule has 0 fully saturated rings. The molecule has 0 N–H and O–H groups in total.